The van der Waals surface area contributed by atoms with Crippen LogP contribution in [0.2, 0.25) is 0 Å². The first-order valence-electron chi connectivity index (χ1n) is 26.4. The highest BCUT2D eigenvalue weighted by Crippen LogP contribution is 2.14. The molecule has 0 saturated heterocycles. The molecule has 2 unspecified atom stereocenters. The van der Waals surface area contributed by atoms with Gasteiger partial charge in [-0.25, -0.2) is 4.79 Å². The number of nitrogens with zero attached hydrogens (tertiary/aromatic N) is 1. The van der Waals surface area contributed by atoms with Gasteiger partial charge in [-0.2, -0.15) is 0 Å². The first kappa shape index (κ1) is 63.2. The van der Waals surface area contributed by atoms with Crippen LogP contribution in [0, 0.1) is 0 Å². The summed E-state index contributed by atoms with van der Waals surface area (Å²) in [5, 5.41) is 9.63. The molecule has 67 heavy (non-hydrogen) atoms. The number of ether oxygens (including phenoxy) is 4. The van der Waals surface area contributed by atoms with Crippen molar-refractivity contribution in [1.29, 1.82) is 0 Å². The summed E-state index contributed by atoms with van der Waals surface area (Å²) in [7, 11) is 5.94. The first-order chi connectivity index (χ1) is 32.6. The molecule has 0 fully saturated rings. The Morgan fingerprint density at radius 2 is 0.851 bits per heavy atom. The third-order valence-electron chi connectivity index (χ3n) is 10.9. The molecule has 0 aliphatic rings. The third kappa shape index (κ3) is 49.9. The number of esters is 2. The molecule has 1 N–H and O–H groups in total. The Morgan fingerprint density at radius 3 is 1.27 bits per heavy atom. The molecule has 0 heterocycles. The van der Waals surface area contributed by atoms with Gasteiger partial charge in [0.15, 0.2) is 6.10 Å². The molecule has 9 heteroatoms. The standard InChI is InChI=1S/C58H97NO8/c1-6-8-10-12-14-15-16-17-18-19-20-21-22-23-24-25-26-27-28-29-30-31-32-33-34-35-36-37-38-39-40-41-43-45-47-49-56(61)67-54(52-65-55(60)48-46-44-42-13-11-9-7-2)53-66-58(57(62)63)64-51-50-59(3,4)5/h8,10,14-15,17-18,20-21,23-24,26-27,29-30,32-33,54,58H,6-7,9,11-13,16,19,22,25,28,31,34-53H2,1-5H3/p+1/b10-8-,15-14-,18-17-,21-20-,24-23-,27-26-,30-29-,33-32-. The van der Waals surface area contributed by atoms with Gasteiger partial charge in [0, 0.05) is 12.8 Å². The van der Waals surface area contributed by atoms with Crippen molar-refractivity contribution in [1.82, 2.24) is 0 Å². The Balaban J connectivity index is 4.09. The van der Waals surface area contributed by atoms with Gasteiger partial charge in [0.2, 0.25) is 0 Å². The van der Waals surface area contributed by atoms with E-state index in [4.69, 9.17) is 18.9 Å². The first-order valence-corrected chi connectivity index (χ1v) is 26.4. The summed E-state index contributed by atoms with van der Waals surface area (Å²) in [5.74, 6) is -2.03. The van der Waals surface area contributed by atoms with Gasteiger partial charge < -0.3 is 28.5 Å². The van der Waals surface area contributed by atoms with Crippen LogP contribution in [0.15, 0.2) is 97.2 Å². The van der Waals surface area contributed by atoms with E-state index in [2.05, 4.69) is 111 Å². The topological polar surface area (TPSA) is 108 Å². The van der Waals surface area contributed by atoms with Crippen molar-refractivity contribution in [3.05, 3.63) is 97.2 Å². The third-order valence-corrected chi connectivity index (χ3v) is 10.9. The lowest BCUT2D eigenvalue weighted by atomic mass is 10.0. The molecule has 0 bridgehead atoms. The van der Waals surface area contributed by atoms with Crippen molar-refractivity contribution in [2.45, 2.75) is 206 Å². The molecule has 0 saturated carbocycles. The predicted octanol–water partition coefficient (Wildman–Crippen LogP) is 15.0. The minimum atomic E-state index is -1.51. The molecule has 2 atom stereocenters. The number of allylic oxidation sites excluding steroid dienone is 16. The zero-order chi connectivity index (χ0) is 49.2. The van der Waals surface area contributed by atoms with Gasteiger partial charge in [-0.05, 0) is 77.0 Å². The SMILES string of the molecule is CC/C=C\C/C=C\C/C=C\C/C=C\C/C=C\C/C=C\C/C=C\C/C=C\CCCCCCCCCCCCC(=O)OC(COC(=O)CCCCCCCCC)COC(OCC[N+](C)(C)C)C(=O)O. The Morgan fingerprint density at radius 1 is 0.463 bits per heavy atom. The van der Waals surface area contributed by atoms with Gasteiger partial charge in [-0.15, -0.1) is 0 Å². The van der Waals surface area contributed by atoms with E-state index in [-0.39, 0.29) is 32.2 Å². The summed E-state index contributed by atoms with van der Waals surface area (Å²) in [6, 6.07) is 0. The number of carboxylic acid groups (broad SMARTS) is 1. The summed E-state index contributed by atoms with van der Waals surface area (Å²) in [6.45, 7) is 4.68. The van der Waals surface area contributed by atoms with Crippen LogP contribution < -0.4 is 0 Å². The van der Waals surface area contributed by atoms with E-state index in [1.165, 1.54) is 64.2 Å². The fraction of sp³-hybridized carbons (Fsp3) is 0.672. The van der Waals surface area contributed by atoms with Crippen LogP contribution in [0.4, 0.5) is 0 Å². The fourth-order valence-electron chi connectivity index (χ4n) is 6.79. The van der Waals surface area contributed by atoms with E-state index in [0.29, 0.717) is 23.9 Å². The van der Waals surface area contributed by atoms with Gasteiger partial charge in [0.1, 0.15) is 13.2 Å². The maximum atomic E-state index is 12.8. The molecule has 0 aromatic rings. The number of likely N-dealkylation sites (N-methyl/N-ethyl adjacent to an activating group) is 1. The number of aliphatic carboxylic acids is 1. The lowest BCUT2D eigenvalue weighted by molar-refractivity contribution is -0.870. The molecular formula is C58H98NO8+. The number of hydrogen-bond donors (Lipinski definition) is 1. The van der Waals surface area contributed by atoms with Crippen molar-refractivity contribution in [3.8, 4) is 0 Å². The van der Waals surface area contributed by atoms with Crippen LogP contribution in [0.25, 0.3) is 0 Å². The van der Waals surface area contributed by atoms with Crippen LogP contribution in [-0.2, 0) is 33.3 Å². The van der Waals surface area contributed by atoms with Crippen LogP contribution in [0.3, 0.4) is 0 Å². The second kappa shape index (κ2) is 48.7. The monoisotopic (exact) mass is 937 g/mol. The maximum absolute atomic E-state index is 12.8. The van der Waals surface area contributed by atoms with Crippen LogP contribution in [0.1, 0.15) is 194 Å². The van der Waals surface area contributed by atoms with Crippen molar-refractivity contribution >= 4 is 17.9 Å². The van der Waals surface area contributed by atoms with E-state index in [9.17, 15) is 19.5 Å². The van der Waals surface area contributed by atoms with Gasteiger partial charge in [0.25, 0.3) is 6.29 Å². The van der Waals surface area contributed by atoms with Crippen molar-refractivity contribution in [3.63, 3.8) is 0 Å². The summed E-state index contributed by atoms with van der Waals surface area (Å²) in [4.78, 5) is 37.0. The smallest absolute Gasteiger partial charge is 0.361 e. The van der Waals surface area contributed by atoms with Crippen molar-refractivity contribution in [2.24, 2.45) is 0 Å². The highest BCUT2D eigenvalue weighted by molar-refractivity contribution is 5.71. The highest BCUT2D eigenvalue weighted by atomic mass is 16.7. The summed E-state index contributed by atoms with van der Waals surface area (Å²) in [5.41, 5.74) is 0. The second-order valence-electron chi connectivity index (χ2n) is 18.5. The average Bonchev–Trinajstić information content (AvgIpc) is 3.29. The Hall–Kier alpha value is -3.79. The normalized spacial score (nSPS) is 13.6. The van der Waals surface area contributed by atoms with Gasteiger partial charge in [-0.1, -0.05) is 201 Å². The number of carbonyl (C=O) groups is 3. The molecule has 0 rings (SSSR count). The largest absolute Gasteiger partial charge is 0.477 e. The lowest BCUT2D eigenvalue weighted by Gasteiger charge is -2.25. The summed E-state index contributed by atoms with van der Waals surface area (Å²) in [6.07, 6.45) is 62.3. The molecule has 0 aliphatic carbocycles. The Kier molecular flexibility index (Phi) is 45.9. The van der Waals surface area contributed by atoms with E-state index < -0.39 is 24.3 Å². The molecule has 0 spiro atoms. The van der Waals surface area contributed by atoms with Gasteiger partial charge >= 0.3 is 17.9 Å². The quantitative estimate of drug-likeness (QED) is 0.0211. The molecule has 0 aromatic carbocycles. The molecule has 0 amide bonds. The number of hydrogen-bond acceptors (Lipinski definition) is 7. The molecule has 0 radical (unpaired) electrons. The minimum Gasteiger partial charge on any atom is -0.477 e. The summed E-state index contributed by atoms with van der Waals surface area (Å²) < 4.78 is 22.7. The predicted molar refractivity (Wildman–Crippen MR) is 281 cm³/mol. The molecule has 0 aromatic heterocycles. The van der Waals surface area contributed by atoms with Crippen LogP contribution in [-0.4, -0.2) is 87.4 Å². The van der Waals surface area contributed by atoms with Gasteiger partial charge in [-0.3, -0.25) is 9.59 Å². The van der Waals surface area contributed by atoms with Gasteiger partial charge in [0.05, 0.1) is 34.4 Å². The van der Waals surface area contributed by atoms with E-state index in [0.717, 1.165) is 96.3 Å². The molecule has 0 aliphatic heterocycles. The number of rotatable bonds is 47. The lowest BCUT2D eigenvalue weighted by Crippen LogP contribution is -2.40. The zero-order valence-electron chi connectivity index (χ0n) is 43.3. The molecule has 9 nitrogen and oxygen atoms in total. The zero-order valence-corrected chi connectivity index (χ0v) is 43.3. The van der Waals surface area contributed by atoms with Crippen molar-refractivity contribution < 1.29 is 42.9 Å². The van der Waals surface area contributed by atoms with E-state index in [1.807, 2.05) is 21.1 Å². The Bertz CT molecular complexity index is 1420. The highest BCUT2D eigenvalue weighted by Gasteiger charge is 2.25. The Labute approximate surface area is 410 Å². The molecular weight excluding hydrogens is 839 g/mol. The van der Waals surface area contributed by atoms with Crippen LogP contribution >= 0.6 is 0 Å². The fourth-order valence-corrected chi connectivity index (χ4v) is 6.79. The minimum absolute atomic E-state index is 0.183. The summed E-state index contributed by atoms with van der Waals surface area (Å²) >= 11 is 0. The van der Waals surface area contributed by atoms with E-state index in [1.54, 1.807) is 0 Å². The maximum Gasteiger partial charge on any atom is 0.361 e. The number of quaternary nitrogens is 1. The molecule has 382 valence electrons. The number of unbranched alkanes of at least 4 members (excludes halogenated alkanes) is 16. The van der Waals surface area contributed by atoms with E-state index >= 15 is 0 Å². The number of carbonyl (C=O) groups excluding carboxylic acids is 2. The van der Waals surface area contributed by atoms with Crippen LogP contribution in [0.5, 0.6) is 0 Å². The number of carboxylic acids is 1. The second-order valence-corrected chi connectivity index (χ2v) is 18.5. The average molecular weight is 937 g/mol. The van der Waals surface area contributed by atoms with Crippen molar-refractivity contribution in [2.75, 3.05) is 47.5 Å².